The first-order chi connectivity index (χ1) is 12.7. The lowest BCUT2D eigenvalue weighted by molar-refractivity contribution is -0.117. The van der Waals surface area contributed by atoms with Gasteiger partial charge in [-0.15, -0.1) is 0 Å². The zero-order valence-electron chi connectivity index (χ0n) is 14.1. The van der Waals surface area contributed by atoms with Gasteiger partial charge in [-0.05, 0) is 49.2 Å². The second kappa shape index (κ2) is 6.88. The summed E-state index contributed by atoms with van der Waals surface area (Å²) in [6.07, 6.45) is 4.96. The fraction of sp³-hybridized carbons (Fsp3) is 0.143. The molecule has 5 heteroatoms. The van der Waals surface area contributed by atoms with Crippen LogP contribution in [0.1, 0.15) is 18.6 Å². The maximum atomic E-state index is 12.1. The molecule has 0 spiro atoms. The molecule has 2 N–H and O–H groups in total. The highest BCUT2D eigenvalue weighted by molar-refractivity contribution is 6.02. The standard InChI is InChI=1S/C21H18N2O3/c24-20(11-10-18-12-15-4-1-2-7-19(15)26-18)22-16-5-3-6-17(13-16)23-21(25)14-8-9-14/h1-7,10-14H,8-9H2,(H,22,24)(H,23,25)/b11-10+. The molecule has 2 amide bonds. The van der Waals surface area contributed by atoms with Crippen LogP contribution in [-0.2, 0) is 9.59 Å². The van der Waals surface area contributed by atoms with Crippen LogP contribution in [0.25, 0.3) is 17.0 Å². The SMILES string of the molecule is O=C(/C=C/c1cc2ccccc2o1)Nc1cccc(NC(=O)C2CC2)c1. The number of carbonyl (C=O) groups excluding carboxylic acids is 2. The van der Waals surface area contributed by atoms with E-state index in [4.69, 9.17) is 4.42 Å². The van der Waals surface area contributed by atoms with E-state index in [2.05, 4.69) is 10.6 Å². The number of fused-ring (bicyclic) bond motifs is 1. The van der Waals surface area contributed by atoms with Gasteiger partial charge in [-0.25, -0.2) is 0 Å². The fourth-order valence-corrected chi connectivity index (χ4v) is 2.69. The van der Waals surface area contributed by atoms with Gasteiger partial charge in [-0.1, -0.05) is 24.3 Å². The van der Waals surface area contributed by atoms with E-state index < -0.39 is 0 Å². The molecule has 0 unspecified atom stereocenters. The lowest BCUT2D eigenvalue weighted by atomic mass is 10.2. The lowest BCUT2D eigenvalue weighted by Gasteiger charge is -2.07. The van der Waals surface area contributed by atoms with Crippen molar-refractivity contribution in [2.75, 3.05) is 10.6 Å². The molecule has 0 saturated heterocycles. The molecule has 1 aliphatic carbocycles. The first-order valence-corrected chi connectivity index (χ1v) is 8.56. The number of hydrogen-bond donors (Lipinski definition) is 2. The van der Waals surface area contributed by atoms with Crippen molar-refractivity contribution in [3.63, 3.8) is 0 Å². The monoisotopic (exact) mass is 346 g/mol. The number of carbonyl (C=O) groups is 2. The summed E-state index contributed by atoms with van der Waals surface area (Å²) in [6.45, 7) is 0. The van der Waals surface area contributed by atoms with Gasteiger partial charge in [0.25, 0.3) is 0 Å². The van der Waals surface area contributed by atoms with Crippen molar-refractivity contribution in [1.29, 1.82) is 0 Å². The fourth-order valence-electron chi connectivity index (χ4n) is 2.69. The van der Waals surface area contributed by atoms with Crippen LogP contribution in [0.2, 0.25) is 0 Å². The van der Waals surface area contributed by atoms with Crippen LogP contribution >= 0.6 is 0 Å². The van der Waals surface area contributed by atoms with Crippen molar-refractivity contribution in [3.8, 4) is 0 Å². The molecular weight excluding hydrogens is 328 g/mol. The zero-order valence-corrected chi connectivity index (χ0v) is 14.1. The smallest absolute Gasteiger partial charge is 0.248 e. The third kappa shape index (κ3) is 3.83. The zero-order chi connectivity index (χ0) is 17.9. The van der Waals surface area contributed by atoms with E-state index in [-0.39, 0.29) is 17.7 Å². The summed E-state index contributed by atoms with van der Waals surface area (Å²) < 4.78 is 5.65. The van der Waals surface area contributed by atoms with Crippen LogP contribution in [0.5, 0.6) is 0 Å². The molecule has 0 bridgehead atoms. The van der Waals surface area contributed by atoms with E-state index in [1.807, 2.05) is 30.3 Å². The minimum absolute atomic E-state index is 0.0401. The molecule has 5 nitrogen and oxygen atoms in total. The van der Waals surface area contributed by atoms with E-state index >= 15 is 0 Å². The number of amides is 2. The van der Waals surface area contributed by atoms with Gasteiger partial charge in [0.2, 0.25) is 11.8 Å². The summed E-state index contributed by atoms with van der Waals surface area (Å²) in [6, 6.07) is 16.7. The molecule has 130 valence electrons. The maximum Gasteiger partial charge on any atom is 0.248 e. The van der Waals surface area contributed by atoms with Crippen molar-refractivity contribution in [2.45, 2.75) is 12.8 Å². The summed E-state index contributed by atoms with van der Waals surface area (Å²) in [5.74, 6) is 0.529. The number of anilines is 2. The largest absolute Gasteiger partial charge is 0.457 e. The molecule has 0 radical (unpaired) electrons. The third-order valence-electron chi connectivity index (χ3n) is 4.19. The topological polar surface area (TPSA) is 71.3 Å². The van der Waals surface area contributed by atoms with Crippen molar-refractivity contribution >= 4 is 40.2 Å². The Hall–Kier alpha value is -3.34. The van der Waals surface area contributed by atoms with Crippen LogP contribution in [0.15, 0.2) is 65.1 Å². The van der Waals surface area contributed by atoms with E-state index in [1.54, 1.807) is 30.3 Å². The average molecular weight is 346 g/mol. The van der Waals surface area contributed by atoms with Crippen LogP contribution in [-0.4, -0.2) is 11.8 Å². The second-order valence-corrected chi connectivity index (χ2v) is 6.35. The highest BCUT2D eigenvalue weighted by Crippen LogP contribution is 2.30. The molecule has 1 heterocycles. The van der Waals surface area contributed by atoms with E-state index in [0.29, 0.717) is 17.1 Å². The molecule has 2 aromatic carbocycles. The quantitative estimate of drug-likeness (QED) is 0.671. The van der Waals surface area contributed by atoms with Crippen LogP contribution < -0.4 is 10.6 Å². The van der Waals surface area contributed by atoms with Gasteiger partial charge in [-0.2, -0.15) is 0 Å². The number of rotatable bonds is 5. The Morgan fingerprint density at radius 2 is 1.73 bits per heavy atom. The Labute approximate surface area is 150 Å². The molecule has 0 atom stereocenters. The summed E-state index contributed by atoms with van der Waals surface area (Å²) in [5, 5.41) is 6.64. The maximum absolute atomic E-state index is 12.1. The van der Waals surface area contributed by atoms with E-state index in [1.165, 1.54) is 6.08 Å². The van der Waals surface area contributed by atoms with Gasteiger partial charge in [0.15, 0.2) is 0 Å². The molecule has 4 rings (SSSR count). The number of furan rings is 1. The molecule has 26 heavy (non-hydrogen) atoms. The Morgan fingerprint density at radius 3 is 2.50 bits per heavy atom. The molecule has 3 aromatic rings. The first kappa shape index (κ1) is 16.1. The number of nitrogens with one attached hydrogen (secondary N) is 2. The van der Waals surface area contributed by atoms with Crippen molar-refractivity contribution in [1.82, 2.24) is 0 Å². The summed E-state index contributed by atoms with van der Waals surface area (Å²) in [4.78, 5) is 23.9. The Bertz CT molecular complexity index is 966. The Morgan fingerprint density at radius 1 is 0.962 bits per heavy atom. The van der Waals surface area contributed by atoms with Crippen LogP contribution in [0.3, 0.4) is 0 Å². The van der Waals surface area contributed by atoms with Crippen molar-refractivity contribution in [2.24, 2.45) is 5.92 Å². The molecule has 1 saturated carbocycles. The Balaban J connectivity index is 1.40. The predicted molar refractivity (Wildman–Crippen MR) is 102 cm³/mol. The molecule has 1 aromatic heterocycles. The minimum atomic E-state index is -0.267. The average Bonchev–Trinajstić information content (AvgIpc) is 3.40. The number of para-hydroxylation sites is 1. The van der Waals surface area contributed by atoms with Gasteiger partial charge in [0.05, 0.1) is 0 Å². The summed E-state index contributed by atoms with van der Waals surface area (Å²) in [7, 11) is 0. The van der Waals surface area contributed by atoms with Crippen molar-refractivity contribution < 1.29 is 14.0 Å². The highest BCUT2D eigenvalue weighted by Gasteiger charge is 2.29. The molecule has 0 aliphatic heterocycles. The van der Waals surface area contributed by atoms with Gasteiger partial charge in [-0.3, -0.25) is 9.59 Å². The normalized spacial score (nSPS) is 13.8. The van der Waals surface area contributed by atoms with E-state index in [0.717, 1.165) is 23.8 Å². The number of hydrogen-bond acceptors (Lipinski definition) is 3. The second-order valence-electron chi connectivity index (χ2n) is 6.35. The summed E-state index contributed by atoms with van der Waals surface area (Å²) >= 11 is 0. The number of benzene rings is 2. The van der Waals surface area contributed by atoms with Gasteiger partial charge in [0, 0.05) is 28.8 Å². The lowest BCUT2D eigenvalue weighted by Crippen LogP contribution is -2.14. The van der Waals surface area contributed by atoms with Gasteiger partial charge >= 0.3 is 0 Å². The van der Waals surface area contributed by atoms with Gasteiger partial charge < -0.3 is 15.1 Å². The first-order valence-electron chi connectivity index (χ1n) is 8.56. The predicted octanol–water partition coefficient (Wildman–Crippen LogP) is 4.43. The molecule has 1 fully saturated rings. The van der Waals surface area contributed by atoms with Crippen LogP contribution in [0.4, 0.5) is 11.4 Å². The third-order valence-corrected chi connectivity index (χ3v) is 4.19. The summed E-state index contributed by atoms with van der Waals surface area (Å²) in [5.41, 5.74) is 2.09. The minimum Gasteiger partial charge on any atom is -0.457 e. The van der Waals surface area contributed by atoms with Gasteiger partial charge in [0.1, 0.15) is 11.3 Å². The molecule has 1 aliphatic rings. The Kier molecular flexibility index (Phi) is 4.27. The molecular formula is C21H18N2O3. The van der Waals surface area contributed by atoms with E-state index in [9.17, 15) is 9.59 Å². The van der Waals surface area contributed by atoms with Crippen molar-refractivity contribution in [3.05, 3.63) is 66.4 Å². The van der Waals surface area contributed by atoms with Crippen LogP contribution in [0, 0.1) is 5.92 Å². The highest BCUT2D eigenvalue weighted by atomic mass is 16.3.